The molecule has 0 aliphatic carbocycles. The van der Waals surface area contributed by atoms with Crippen LogP contribution in [0.5, 0.6) is 5.88 Å². The van der Waals surface area contributed by atoms with Crippen molar-refractivity contribution in [3.63, 3.8) is 0 Å². The Balaban J connectivity index is 1.76. The Morgan fingerprint density at radius 3 is 2.55 bits per heavy atom. The molecule has 0 bridgehead atoms. The Hall–Kier alpha value is -3.68. The Kier molecular flexibility index (Phi) is 7.02. The zero-order valence-corrected chi connectivity index (χ0v) is 18.1. The summed E-state index contributed by atoms with van der Waals surface area (Å²) in [6, 6.07) is 10.6. The number of aryl methyl sites for hydroxylation is 1. The number of anilines is 1. The molecular weight excluding hydrogens is 396 g/mol. The predicted molar refractivity (Wildman–Crippen MR) is 117 cm³/mol. The fourth-order valence-electron chi connectivity index (χ4n) is 3.30. The Morgan fingerprint density at radius 2 is 1.87 bits per heavy atom. The predicted octanol–water partition coefficient (Wildman–Crippen LogP) is 3.64. The molecule has 0 fully saturated rings. The van der Waals surface area contributed by atoms with Gasteiger partial charge < -0.3 is 14.8 Å². The van der Waals surface area contributed by atoms with Crippen molar-refractivity contribution in [3.8, 4) is 11.6 Å². The van der Waals surface area contributed by atoms with E-state index in [-0.39, 0.29) is 11.9 Å². The first kappa shape index (κ1) is 22.0. The summed E-state index contributed by atoms with van der Waals surface area (Å²) in [6.45, 7) is 6.20. The van der Waals surface area contributed by atoms with Crippen LogP contribution in [0.15, 0.2) is 42.6 Å². The molecule has 1 amide bonds. The molecule has 2 heterocycles. The van der Waals surface area contributed by atoms with Crippen molar-refractivity contribution in [1.29, 1.82) is 0 Å². The summed E-state index contributed by atoms with van der Waals surface area (Å²) in [7, 11) is 1.38. The van der Waals surface area contributed by atoms with E-state index >= 15 is 0 Å². The van der Waals surface area contributed by atoms with Gasteiger partial charge in [-0.2, -0.15) is 5.10 Å². The van der Waals surface area contributed by atoms with Gasteiger partial charge in [-0.15, -0.1) is 0 Å². The fraction of sp³-hybridized carbons (Fsp3) is 0.304. The van der Waals surface area contributed by atoms with Gasteiger partial charge in [-0.25, -0.2) is 9.67 Å². The van der Waals surface area contributed by atoms with Gasteiger partial charge in [-0.05, 0) is 69.2 Å². The van der Waals surface area contributed by atoms with Gasteiger partial charge in [-0.1, -0.05) is 0 Å². The summed E-state index contributed by atoms with van der Waals surface area (Å²) in [4.78, 5) is 28.3. The maximum Gasteiger partial charge on any atom is 0.305 e. The first-order valence-electron chi connectivity index (χ1n) is 10.1. The van der Waals surface area contributed by atoms with Gasteiger partial charge in [0.05, 0.1) is 25.1 Å². The van der Waals surface area contributed by atoms with Crippen molar-refractivity contribution in [1.82, 2.24) is 14.8 Å². The lowest BCUT2D eigenvalue weighted by Gasteiger charge is -2.11. The molecule has 2 aromatic heterocycles. The molecule has 0 radical (unpaired) electrons. The summed E-state index contributed by atoms with van der Waals surface area (Å²) in [5.41, 5.74) is 4.69. The minimum Gasteiger partial charge on any atom is -0.476 e. The number of hydrogen-bond donors (Lipinski definition) is 1. The van der Waals surface area contributed by atoms with E-state index in [2.05, 4.69) is 15.4 Å². The lowest BCUT2D eigenvalue weighted by atomic mass is 10.1. The molecule has 0 aliphatic heterocycles. The molecule has 0 unspecified atom stereocenters. The fourth-order valence-corrected chi connectivity index (χ4v) is 3.30. The van der Waals surface area contributed by atoms with Crippen LogP contribution in [0.4, 0.5) is 5.69 Å². The van der Waals surface area contributed by atoms with E-state index in [0.29, 0.717) is 36.6 Å². The van der Waals surface area contributed by atoms with Gasteiger partial charge >= 0.3 is 5.97 Å². The smallest absolute Gasteiger partial charge is 0.305 e. The van der Waals surface area contributed by atoms with Crippen molar-refractivity contribution < 1.29 is 19.1 Å². The second-order valence-electron chi connectivity index (χ2n) is 6.93. The van der Waals surface area contributed by atoms with Crippen molar-refractivity contribution in [2.24, 2.45) is 0 Å². The van der Waals surface area contributed by atoms with Crippen molar-refractivity contribution in [2.45, 2.75) is 33.6 Å². The number of esters is 1. The zero-order chi connectivity index (χ0) is 22.4. The van der Waals surface area contributed by atoms with Crippen LogP contribution in [0.25, 0.3) is 5.69 Å². The largest absolute Gasteiger partial charge is 0.476 e. The van der Waals surface area contributed by atoms with Crippen LogP contribution in [0.2, 0.25) is 0 Å². The maximum absolute atomic E-state index is 12.7. The van der Waals surface area contributed by atoms with Crippen molar-refractivity contribution in [3.05, 3.63) is 65.1 Å². The molecule has 0 aliphatic rings. The van der Waals surface area contributed by atoms with E-state index in [0.717, 1.165) is 22.6 Å². The highest BCUT2D eigenvalue weighted by molar-refractivity contribution is 6.04. The average Bonchev–Trinajstić information content (AvgIpc) is 3.07. The molecule has 162 valence electrons. The second kappa shape index (κ2) is 9.88. The van der Waals surface area contributed by atoms with Crippen LogP contribution in [0.3, 0.4) is 0 Å². The van der Waals surface area contributed by atoms with Crippen LogP contribution in [0.1, 0.15) is 40.7 Å². The molecule has 3 rings (SSSR count). The number of ether oxygens (including phenoxy) is 2. The molecule has 1 aromatic carbocycles. The highest BCUT2D eigenvalue weighted by atomic mass is 16.5. The van der Waals surface area contributed by atoms with E-state index in [1.807, 2.05) is 37.6 Å². The number of methoxy groups -OCH3 is 1. The van der Waals surface area contributed by atoms with E-state index in [1.165, 1.54) is 7.11 Å². The van der Waals surface area contributed by atoms with Gasteiger partial charge in [0.2, 0.25) is 5.88 Å². The van der Waals surface area contributed by atoms with Crippen LogP contribution < -0.4 is 10.1 Å². The number of pyridine rings is 1. The third-order valence-electron chi connectivity index (χ3n) is 4.92. The summed E-state index contributed by atoms with van der Waals surface area (Å²) >= 11 is 0. The Morgan fingerprint density at radius 1 is 1.13 bits per heavy atom. The highest BCUT2D eigenvalue weighted by Crippen LogP contribution is 2.23. The molecule has 8 nitrogen and oxygen atoms in total. The van der Waals surface area contributed by atoms with Crippen LogP contribution in [-0.2, 0) is 16.0 Å². The lowest BCUT2D eigenvalue weighted by Crippen LogP contribution is -2.13. The monoisotopic (exact) mass is 422 g/mol. The number of carbonyl (C=O) groups is 2. The van der Waals surface area contributed by atoms with Crippen LogP contribution >= 0.6 is 0 Å². The minimum atomic E-state index is -0.257. The number of hydrogen-bond acceptors (Lipinski definition) is 6. The quantitative estimate of drug-likeness (QED) is 0.557. The topological polar surface area (TPSA) is 95.3 Å². The number of nitrogens with zero attached hydrogens (tertiary/aromatic N) is 3. The highest BCUT2D eigenvalue weighted by Gasteiger charge is 2.15. The first-order chi connectivity index (χ1) is 14.9. The molecule has 0 saturated carbocycles. The second-order valence-corrected chi connectivity index (χ2v) is 6.93. The van der Waals surface area contributed by atoms with Gasteiger partial charge in [-0.3, -0.25) is 9.59 Å². The van der Waals surface area contributed by atoms with E-state index in [9.17, 15) is 9.59 Å². The average molecular weight is 422 g/mol. The Bertz CT molecular complexity index is 1070. The van der Waals surface area contributed by atoms with E-state index in [1.54, 1.807) is 30.5 Å². The summed E-state index contributed by atoms with van der Waals surface area (Å²) < 4.78 is 12.0. The molecule has 8 heteroatoms. The number of nitrogens with one attached hydrogen (secondary N) is 1. The third kappa shape index (κ3) is 5.09. The van der Waals surface area contributed by atoms with E-state index < -0.39 is 0 Å². The zero-order valence-electron chi connectivity index (χ0n) is 18.1. The molecule has 0 spiro atoms. The van der Waals surface area contributed by atoms with Gasteiger partial charge in [0.1, 0.15) is 5.69 Å². The number of amides is 1. The van der Waals surface area contributed by atoms with Crippen LogP contribution in [0, 0.1) is 13.8 Å². The molecule has 1 N–H and O–H groups in total. The number of rotatable bonds is 8. The SMILES string of the molecule is CCOc1ncccc1NC(=O)c1ccc(-n2nc(C)c(CCC(=O)OC)c2C)cc1. The van der Waals surface area contributed by atoms with Crippen LogP contribution in [-0.4, -0.2) is 40.4 Å². The molecule has 3 aromatic rings. The van der Waals surface area contributed by atoms with Gasteiger partial charge in [0.15, 0.2) is 0 Å². The molecule has 31 heavy (non-hydrogen) atoms. The number of aromatic nitrogens is 3. The standard InChI is InChI=1S/C23H26N4O4/c1-5-31-23-20(7-6-14-24-23)25-22(29)17-8-10-18(11-9-17)27-16(3)19(15(2)26-27)12-13-21(28)30-4/h6-11,14H,5,12-13H2,1-4H3,(H,25,29). The summed E-state index contributed by atoms with van der Waals surface area (Å²) in [6.07, 6.45) is 2.49. The summed E-state index contributed by atoms with van der Waals surface area (Å²) in [5.74, 6) is -0.118. The number of benzene rings is 1. The van der Waals surface area contributed by atoms with Crippen molar-refractivity contribution in [2.75, 3.05) is 19.0 Å². The molecule has 0 saturated heterocycles. The van der Waals surface area contributed by atoms with E-state index in [4.69, 9.17) is 9.47 Å². The van der Waals surface area contributed by atoms with Crippen molar-refractivity contribution >= 4 is 17.6 Å². The maximum atomic E-state index is 12.7. The minimum absolute atomic E-state index is 0.247. The Labute approximate surface area is 181 Å². The molecule has 0 atom stereocenters. The number of carbonyl (C=O) groups excluding carboxylic acids is 2. The molecular formula is C23H26N4O4. The van der Waals surface area contributed by atoms with Gasteiger partial charge in [0, 0.05) is 23.9 Å². The lowest BCUT2D eigenvalue weighted by molar-refractivity contribution is -0.140. The summed E-state index contributed by atoms with van der Waals surface area (Å²) in [5, 5.41) is 7.43. The third-order valence-corrected chi connectivity index (χ3v) is 4.92. The van der Waals surface area contributed by atoms with Gasteiger partial charge in [0.25, 0.3) is 5.91 Å². The first-order valence-corrected chi connectivity index (χ1v) is 10.1. The normalized spacial score (nSPS) is 10.6.